The van der Waals surface area contributed by atoms with Crippen molar-refractivity contribution in [2.75, 3.05) is 6.61 Å². The van der Waals surface area contributed by atoms with Gasteiger partial charge in [-0.25, -0.2) is 0 Å². The lowest BCUT2D eigenvalue weighted by Crippen LogP contribution is -2.35. The van der Waals surface area contributed by atoms with E-state index >= 15 is 0 Å². The SMILES string of the molecule is CC[C@H](CO)NC(=O)/C=C/c1ccc(Cl)cc1Cl. The van der Waals surface area contributed by atoms with Crippen LogP contribution in [0, 0.1) is 0 Å². The molecule has 0 aliphatic heterocycles. The van der Waals surface area contributed by atoms with E-state index < -0.39 is 0 Å². The second kappa shape index (κ2) is 7.41. The van der Waals surface area contributed by atoms with Gasteiger partial charge in [0, 0.05) is 16.1 Å². The lowest BCUT2D eigenvalue weighted by atomic mass is 10.2. The molecule has 0 aliphatic carbocycles. The maximum Gasteiger partial charge on any atom is 0.244 e. The van der Waals surface area contributed by atoms with E-state index in [2.05, 4.69) is 5.32 Å². The molecule has 1 aromatic carbocycles. The molecule has 0 heterocycles. The van der Waals surface area contributed by atoms with Gasteiger partial charge in [-0.2, -0.15) is 0 Å². The van der Waals surface area contributed by atoms with Gasteiger partial charge in [0.1, 0.15) is 0 Å². The topological polar surface area (TPSA) is 49.3 Å². The van der Waals surface area contributed by atoms with E-state index in [1.54, 1.807) is 24.3 Å². The van der Waals surface area contributed by atoms with Gasteiger partial charge in [-0.1, -0.05) is 36.2 Å². The van der Waals surface area contributed by atoms with Crippen molar-refractivity contribution < 1.29 is 9.90 Å². The average molecular weight is 288 g/mol. The zero-order chi connectivity index (χ0) is 13.5. The smallest absolute Gasteiger partial charge is 0.244 e. The van der Waals surface area contributed by atoms with Gasteiger partial charge in [-0.3, -0.25) is 4.79 Å². The van der Waals surface area contributed by atoms with Crippen molar-refractivity contribution in [2.45, 2.75) is 19.4 Å². The molecule has 0 bridgehead atoms. The van der Waals surface area contributed by atoms with Crippen molar-refractivity contribution in [3.63, 3.8) is 0 Å². The van der Waals surface area contributed by atoms with Crippen LogP contribution in [0.2, 0.25) is 10.0 Å². The lowest BCUT2D eigenvalue weighted by molar-refractivity contribution is -0.117. The molecule has 98 valence electrons. The van der Waals surface area contributed by atoms with Gasteiger partial charge < -0.3 is 10.4 Å². The number of nitrogens with one attached hydrogen (secondary N) is 1. The molecule has 0 fully saturated rings. The molecular weight excluding hydrogens is 273 g/mol. The third-order valence-electron chi connectivity index (χ3n) is 2.44. The number of hydrogen-bond acceptors (Lipinski definition) is 2. The van der Waals surface area contributed by atoms with Gasteiger partial charge in [-0.05, 0) is 30.2 Å². The number of rotatable bonds is 5. The standard InChI is InChI=1S/C13H15Cl2NO2/c1-2-11(8-17)16-13(18)6-4-9-3-5-10(14)7-12(9)15/h3-7,11,17H,2,8H2,1H3,(H,16,18)/b6-4+/t11-/m1/s1. The fourth-order valence-electron chi connectivity index (χ4n) is 1.33. The number of carbonyl (C=O) groups excluding carboxylic acids is 1. The van der Waals surface area contributed by atoms with Crippen LogP contribution in [0.3, 0.4) is 0 Å². The molecule has 0 spiro atoms. The Morgan fingerprint density at radius 3 is 2.78 bits per heavy atom. The van der Waals surface area contributed by atoms with Gasteiger partial charge >= 0.3 is 0 Å². The summed E-state index contributed by atoms with van der Waals surface area (Å²) in [6.45, 7) is 1.82. The summed E-state index contributed by atoms with van der Waals surface area (Å²) in [4.78, 5) is 11.5. The van der Waals surface area contributed by atoms with Gasteiger partial charge in [0.2, 0.25) is 5.91 Å². The molecule has 3 nitrogen and oxygen atoms in total. The summed E-state index contributed by atoms with van der Waals surface area (Å²) in [5, 5.41) is 12.7. The van der Waals surface area contributed by atoms with Crippen molar-refractivity contribution in [1.82, 2.24) is 5.32 Å². The monoisotopic (exact) mass is 287 g/mol. The minimum absolute atomic E-state index is 0.0716. The number of benzene rings is 1. The molecule has 1 aromatic rings. The van der Waals surface area contributed by atoms with Gasteiger partial charge in [0.05, 0.1) is 12.6 Å². The minimum Gasteiger partial charge on any atom is -0.394 e. The molecular formula is C13H15Cl2NO2. The second-order valence-corrected chi connectivity index (χ2v) is 4.64. The molecule has 0 saturated heterocycles. The summed E-state index contributed by atoms with van der Waals surface area (Å²) in [5.41, 5.74) is 0.716. The first kappa shape index (κ1) is 15.0. The van der Waals surface area contributed by atoms with Gasteiger partial charge in [0.25, 0.3) is 0 Å². The van der Waals surface area contributed by atoms with Gasteiger partial charge in [-0.15, -0.1) is 0 Å². The third kappa shape index (κ3) is 4.69. The van der Waals surface area contributed by atoms with Crippen LogP contribution in [0.15, 0.2) is 24.3 Å². The fraction of sp³-hybridized carbons (Fsp3) is 0.308. The zero-order valence-electron chi connectivity index (χ0n) is 9.99. The zero-order valence-corrected chi connectivity index (χ0v) is 11.5. The Morgan fingerprint density at radius 1 is 1.50 bits per heavy atom. The largest absolute Gasteiger partial charge is 0.394 e. The van der Waals surface area contributed by atoms with Crippen LogP contribution in [-0.2, 0) is 4.79 Å². The summed E-state index contributed by atoms with van der Waals surface area (Å²) in [6, 6.07) is 4.83. The molecule has 1 rings (SSSR count). The van der Waals surface area contributed by atoms with E-state index in [0.29, 0.717) is 22.0 Å². The van der Waals surface area contributed by atoms with Crippen LogP contribution in [0.25, 0.3) is 6.08 Å². The van der Waals surface area contributed by atoms with E-state index in [4.69, 9.17) is 28.3 Å². The molecule has 5 heteroatoms. The highest BCUT2D eigenvalue weighted by Gasteiger charge is 2.06. The Labute approximate surface area is 116 Å². The first-order valence-corrected chi connectivity index (χ1v) is 6.37. The minimum atomic E-state index is -0.262. The first-order valence-electron chi connectivity index (χ1n) is 5.61. The Morgan fingerprint density at radius 2 is 2.22 bits per heavy atom. The second-order valence-electron chi connectivity index (χ2n) is 3.80. The van der Waals surface area contributed by atoms with E-state index in [1.807, 2.05) is 6.92 Å². The van der Waals surface area contributed by atoms with Crippen molar-refractivity contribution in [3.8, 4) is 0 Å². The molecule has 0 saturated carbocycles. The van der Waals surface area contributed by atoms with E-state index in [1.165, 1.54) is 6.08 Å². The summed E-state index contributed by atoms with van der Waals surface area (Å²) < 4.78 is 0. The number of aliphatic hydroxyl groups is 1. The highest BCUT2D eigenvalue weighted by atomic mass is 35.5. The summed E-state index contributed by atoms with van der Waals surface area (Å²) in [6.07, 6.45) is 3.67. The van der Waals surface area contributed by atoms with Gasteiger partial charge in [0.15, 0.2) is 0 Å². The lowest BCUT2D eigenvalue weighted by Gasteiger charge is -2.11. The Balaban J connectivity index is 2.66. The van der Waals surface area contributed by atoms with Crippen molar-refractivity contribution in [2.24, 2.45) is 0 Å². The highest BCUT2D eigenvalue weighted by Crippen LogP contribution is 2.21. The third-order valence-corrected chi connectivity index (χ3v) is 3.00. The van der Waals surface area contributed by atoms with Crippen LogP contribution in [0.1, 0.15) is 18.9 Å². The van der Waals surface area contributed by atoms with E-state index in [0.717, 1.165) is 0 Å². The molecule has 18 heavy (non-hydrogen) atoms. The number of carbonyl (C=O) groups is 1. The van der Waals surface area contributed by atoms with Crippen molar-refractivity contribution >= 4 is 35.2 Å². The maximum atomic E-state index is 11.5. The maximum absolute atomic E-state index is 11.5. The predicted molar refractivity (Wildman–Crippen MR) is 74.8 cm³/mol. The van der Waals surface area contributed by atoms with Crippen LogP contribution >= 0.6 is 23.2 Å². The predicted octanol–water partition coefficient (Wildman–Crippen LogP) is 2.89. The Bertz CT molecular complexity index is 443. The van der Waals surface area contributed by atoms with Crippen LogP contribution in [0.4, 0.5) is 0 Å². The molecule has 1 atom stereocenters. The van der Waals surface area contributed by atoms with Crippen molar-refractivity contribution in [1.29, 1.82) is 0 Å². The van der Waals surface area contributed by atoms with Crippen LogP contribution in [-0.4, -0.2) is 23.7 Å². The number of aliphatic hydroxyl groups excluding tert-OH is 1. The first-order chi connectivity index (χ1) is 8.56. The van der Waals surface area contributed by atoms with E-state index in [-0.39, 0.29) is 18.6 Å². The van der Waals surface area contributed by atoms with E-state index in [9.17, 15) is 4.79 Å². The molecule has 0 radical (unpaired) electrons. The molecule has 0 unspecified atom stereocenters. The molecule has 0 aliphatic rings. The molecule has 0 aromatic heterocycles. The Hall–Kier alpha value is -1.03. The highest BCUT2D eigenvalue weighted by molar-refractivity contribution is 6.35. The number of halogens is 2. The molecule has 2 N–H and O–H groups in total. The number of amides is 1. The summed E-state index contributed by atoms with van der Waals surface area (Å²) >= 11 is 11.7. The Kier molecular flexibility index (Phi) is 6.19. The summed E-state index contributed by atoms with van der Waals surface area (Å²) in [7, 11) is 0. The quantitative estimate of drug-likeness (QED) is 0.818. The molecule has 1 amide bonds. The summed E-state index contributed by atoms with van der Waals surface area (Å²) in [5.74, 6) is -0.262. The number of hydrogen-bond donors (Lipinski definition) is 2. The normalized spacial score (nSPS) is 12.7. The van der Waals surface area contributed by atoms with Crippen LogP contribution < -0.4 is 5.32 Å². The van der Waals surface area contributed by atoms with Crippen molar-refractivity contribution in [3.05, 3.63) is 39.9 Å². The fourth-order valence-corrected chi connectivity index (χ4v) is 1.80. The van der Waals surface area contributed by atoms with Crippen LogP contribution in [0.5, 0.6) is 0 Å². The average Bonchev–Trinajstić information content (AvgIpc) is 2.35.